The van der Waals surface area contributed by atoms with Crippen LogP contribution in [0.15, 0.2) is 46.9 Å². The SMILES string of the molecule is O=C(N/N=C\c1sc(N2CCCCC2)nc1-c1cccs1)[C@H]1COc2ccccc2O1. The normalized spacial score (nSPS) is 18.3. The number of para-hydroxylation sites is 2. The number of ether oxygens (including phenoxy) is 2. The Labute approximate surface area is 188 Å². The van der Waals surface area contributed by atoms with E-state index in [0.29, 0.717) is 11.5 Å². The van der Waals surface area contributed by atoms with Crippen LogP contribution in [-0.4, -0.2) is 42.9 Å². The van der Waals surface area contributed by atoms with Crippen molar-refractivity contribution >= 4 is 39.9 Å². The summed E-state index contributed by atoms with van der Waals surface area (Å²) in [5, 5.41) is 7.25. The number of amides is 1. The molecule has 31 heavy (non-hydrogen) atoms. The smallest absolute Gasteiger partial charge is 0.284 e. The molecule has 0 spiro atoms. The summed E-state index contributed by atoms with van der Waals surface area (Å²) in [6.07, 6.45) is 4.60. The number of carbonyl (C=O) groups is 1. The number of nitrogens with zero attached hydrogens (tertiary/aromatic N) is 3. The van der Waals surface area contributed by atoms with E-state index < -0.39 is 6.10 Å². The van der Waals surface area contributed by atoms with Crippen LogP contribution in [0, 0.1) is 0 Å². The van der Waals surface area contributed by atoms with Gasteiger partial charge in [-0.05, 0) is 42.8 Å². The van der Waals surface area contributed by atoms with Gasteiger partial charge in [0, 0.05) is 13.1 Å². The molecule has 9 heteroatoms. The molecule has 4 heterocycles. The predicted molar refractivity (Wildman–Crippen MR) is 124 cm³/mol. The molecule has 0 bridgehead atoms. The van der Waals surface area contributed by atoms with Gasteiger partial charge in [0.15, 0.2) is 16.6 Å². The molecule has 1 N–H and O–H groups in total. The number of hydrazone groups is 1. The highest BCUT2D eigenvalue weighted by Gasteiger charge is 2.27. The molecule has 160 valence electrons. The summed E-state index contributed by atoms with van der Waals surface area (Å²) >= 11 is 3.25. The van der Waals surface area contributed by atoms with Crippen molar-refractivity contribution in [3.8, 4) is 22.1 Å². The third-order valence-corrected chi connectivity index (χ3v) is 7.11. The van der Waals surface area contributed by atoms with Crippen LogP contribution in [0.5, 0.6) is 11.5 Å². The first-order valence-electron chi connectivity index (χ1n) is 10.3. The second-order valence-electron chi connectivity index (χ2n) is 7.33. The molecule has 3 aromatic rings. The van der Waals surface area contributed by atoms with E-state index in [1.165, 1.54) is 19.3 Å². The van der Waals surface area contributed by atoms with Crippen LogP contribution in [0.25, 0.3) is 10.6 Å². The van der Waals surface area contributed by atoms with E-state index in [1.54, 1.807) is 35.0 Å². The van der Waals surface area contributed by atoms with E-state index in [1.807, 2.05) is 29.6 Å². The molecular formula is C22H22N4O3S2. The average molecular weight is 455 g/mol. The number of carbonyl (C=O) groups excluding carboxylic acids is 1. The van der Waals surface area contributed by atoms with Crippen LogP contribution < -0.4 is 19.8 Å². The first kappa shape index (κ1) is 20.0. The van der Waals surface area contributed by atoms with Gasteiger partial charge in [-0.15, -0.1) is 11.3 Å². The average Bonchev–Trinajstić information content (AvgIpc) is 3.49. The Morgan fingerprint density at radius 3 is 2.81 bits per heavy atom. The standard InChI is InChI=1S/C22H22N4O3S2/c27-21(17-14-28-15-7-2-3-8-16(15)29-17)25-23-13-19-20(18-9-6-12-30-18)24-22(31-19)26-10-4-1-5-11-26/h2-3,6-9,12-13,17H,1,4-5,10-11,14H2,(H,25,27)/b23-13-/t17-/m1/s1. The molecular weight excluding hydrogens is 432 g/mol. The van der Waals surface area contributed by atoms with Crippen molar-refractivity contribution in [2.75, 3.05) is 24.6 Å². The molecule has 1 amide bonds. The third-order valence-electron chi connectivity index (χ3n) is 5.18. The Balaban J connectivity index is 1.30. The highest BCUT2D eigenvalue weighted by molar-refractivity contribution is 7.18. The van der Waals surface area contributed by atoms with E-state index in [9.17, 15) is 4.79 Å². The zero-order valence-corrected chi connectivity index (χ0v) is 18.5. The van der Waals surface area contributed by atoms with Crippen molar-refractivity contribution in [1.82, 2.24) is 10.4 Å². The fourth-order valence-electron chi connectivity index (χ4n) is 3.59. The Bertz CT molecular complexity index is 1070. The second-order valence-corrected chi connectivity index (χ2v) is 9.29. The topological polar surface area (TPSA) is 76.1 Å². The number of aromatic nitrogens is 1. The number of benzene rings is 1. The molecule has 2 aromatic heterocycles. The Kier molecular flexibility index (Phi) is 5.86. The van der Waals surface area contributed by atoms with Gasteiger partial charge >= 0.3 is 0 Å². The minimum absolute atomic E-state index is 0.151. The summed E-state index contributed by atoms with van der Waals surface area (Å²) in [4.78, 5) is 21.8. The fourth-order valence-corrected chi connectivity index (χ4v) is 5.39. The second kappa shape index (κ2) is 9.07. The van der Waals surface area contributed by atoms with Gasteiger partial charge < -0.3 is 14.4 Å². The molecule has 1 atom stereocenters. The number of rotatable bonds is 5. The first-order chi connectivity index (χ1) is 15.3. The maximum Gasteiger partial charge on any atom is 0.284 e. The van der Waals surface area contributed by atoms with E-state index in [0.717, 1.165) is 33.7 Å². The highest BCUT2D eigenvalue weighted by atomic mass is 32.1. The van der Waals surface area contributed by atoms with Gasteiger partial charge in [-0.1, -0.05) is 29.5 Å². The zero-order valence-electron chi connectivity index (χ0n) is 16.8. The Morgan fingerprint density at radius 1 is 1.16 bits per heavy atom. The van der Waals surface area contributed by atoms with E-state index in [2.05, 4.69) is 21.5 Å². The molecule has 5 rings (SSSR count). The van der Waals surface area contributed by atoms with Crippen molar-refractivity contribution in [1.29, 1.82) is 0 Å². The number of piperidine rings is 1. The van der Waals surface area contributed by atoms with Crippen molar-refractivity contribution < 1.29 is 14.3 Å². The Morgan fingerprint density at radius 2 is 2.00 bits per heavy atom. The summed E-state index contributed by atoms with van der Waals surface area (Å²) in [5.41, 5.74) is 3.49. The molecule has 0 saturated carbocycles. The minimum Gasteiger partial charge on any atom is -0.485 e. The number of hydrogen-bond acceptors (Lipinski definition) is 8. The zero-order chi connectivity index (χ0) is 21.0. The molecule has 0 unspecified atom stereocenters. The molecule has 7 nitrogen and oxygen atoms in total. The van der Waals surface area contributed by atoms with Gasteiger partial charge in [-0.2, -0.15) is 5.10 Å². The quantitative estimate of drug-likeness (QED) is 0.463. The largest absolute Gasteiger partial charge is 0.485 e. The molecule has 2 aliphatic heterocycles. The lowest BCUT2D eigenvalue weighted by Gasteiger charge is -2.25. The number of fused-ring (bicyclic) bond motifs is 1. The van der Waals surface area contributed by atoms with Crippen molar-refractivity contribution in [2.45, 2.75) is 25.4 Å². The molecule has 2 aliphatic rings. The molecule has 1 aromatic carbocycles. The van der Waals surface area contributed by atoms with Crippen molar-refractivity contribution in [2.24, 2.45) is 5.10 Å². The summed E-state index contributed by atoms with van der Waals surface area (Å²) in [6.45, 7) is 2.22. The summed E-state index contributed by atoms with van der Waals surface area (Å²) in [7, 11) is 0. The monoisotopic (exact) mass is 454 g/mol. The van der Waals surface area contributed by atoms with Gasteiger partial charge in [0.1, 0.15) is 12.3 Å². The van der Waals surface area contributed by atoms with E-state index >= 15 is 0 Å². The van der Waals surface area contributed by atoms with Crippen LogP contribution in [0.1, 0.15) is 24.1 Å². The number of anilines is 1. The number of nitrogens with one attached hydrogen (secondary N) is 1. The number of thiophene rings is 1. The summed E-state index contributed by atoms with van der Waals surface area (Å²) < 4.78 is 11.3. The lowest BCUT2D eigenvalue weighted by atomic mass is 10.1. The molecule has 1 fully saturated rings. The van der Waals surface area contributed by atoms with Crippen LogP contribution in [-0.2, 0) is 4.79 Å². The van der Waals surface area contributed by atoms with Crippen LogP contribution >= 0.6 is 22.7 Å². The molecule has 0 aliphatic carbocycles. The maximum atomic E-state index is 12.5. The maximum absolute atomic E-state index is 12.5. The van der Waals surface area contributed by atoms with Crippen molar-refractivity contribution in [3.63, 3.8) is 0 Å². The first-order valence-corrected chi connectivity index (χ1v) is 12.0. The van der Waals surface area contributed by atoms with Crippen LogP contribution in [0.4, 0.5) is 5.13 Å². The van der Waals surface area contributed by atoms with Gasteiger partial charge in [0.25, 0.3) is 5.91 Å². The molecule has 1 saturated heterocycles. The van der Waals surface area contributed by atoms with E-state index in [-0.39, 0.29) is 12.5 Å². The van der Waals surface area contributed by atoms with E-state index in [4.69, 9.17) is 14.5 Å². The lowest BCUT2D eigenvalue weighted by molar-refractivity contribution is -0.130. The van der Waals surface area contributed by atoms with Gasteiger partial charge in [0.05, 0.1) is 16.0 Å². The van der Waals surface area contributed by atoms with Crippen LogP contribution in [0.3, 0.4) is 0 Å². The summed E-state index contributed by atoms with van der Waals surface area (Å²) in [5.74, 6) is 0.862. The van der Waals surface area contributed by atoms with Crippen LogP contribution in [0.2, 0.25) is 0 Å². The fraction of sp³-hybridized carbons (Fsp3) is 0.318. The number of thiazole rings is 1. The third kappa shape index (κ3) is 4.42. The van der Waals surface area contributed by atoms with Gasteiger partial charge in [0.2, 0.25) is 6.10 Å². The van der Waals surface area contributed by atoms with Crippen molar-refractivity contribution in [3.05, 3.63) is 46.7 Å². The number of hydrogen-bond donors (Lipinski definition) is 1. The summed E-state index contributed by atoms with van der Waals surface area (Å²) in [6, 6.07) is 11.4. The minimum atomic E-state index is -0.741. The lowest BCUT2D eigenvalue weighted by Crippen LogP contribution is -2.42. The van der Waals surface area contributed by atoms with Gasteiger partial charge in [-0.3, -0.25) is 4.79 Å². The Hall–Kier alpha value is -2.91. The highest BCUT2D eigenvalue weighted by Crippen LogP contribution is 2.35. The molecule has 0 radical (unpaired) electrons. The predicted octanol–water partition coefficient (Wildman–Crippen LogP) is 4.15. The van der Waals surface area contributed by atoms with Gasteiger partial charge in [-0.25, -0.2) is 10.4 Å².